The lowest BCUT2D eigenvalue weighted by Crippen LogP contribution is -2.07. The van der Waals surface area contributed by atoms with Crippen LogP contribution in [0.3, 0.4) is 0 Å². The van der Waals surface area contributed by atoms with Crippen LogP contribution in [0.5, 0.6) is 0 Å². The molecule has 0 unspecified atom stereocenters. The zero-order chi connectivity index (χ0) is 8.97. The maximum absolute atomic E-state index is 4.26. The summed E-state index contributed by atoms with van der Waals surface area (Å²) in [5, 5.41) is 6.04. The monoisotopic (exact) mass is 163 g/mol. The fourth-order valence-corrected chi connectivity index (χ4v) is 0.935. The highest BCUT2D eigenvalue weighted by molar-refractivity contribution is 5.98. The van der Waals surface area contributed by atoms with Gasteiger partial charge in [0.05, 0.1) is 5.71 Å². The number of aromatic nitrogens is 1. The zero-order valence-electron chi connectivity index (χ0n) is 7.65. The second-order valence-corrected chi connectivity index (χ2v) is 2.77. The van der Waals surface area contributed by atoms with Crippen LogP contribution in [-0.4, -0.2) is 29.8 Å². The molecule has 0 bridgehead atoms. The second-order valence-electron chi connectivity index (χ2n) is 2.77. The molecule has 0 saturated carbocycles. The molecule has 0 N–H and O–H groups in total. The smallest absolute Gasteiger partial charge is 0.0661 e. The quantitative estimate of drug-likeness (QED) is 0.486. The van der Waals surface area contributed by atoms with E-state index in [1.807, 2.05) is 39.3 Å². The maximum atomic E-state index is 4.26. The first-order valence-electron chi connectivity index (χ1n) is 3.83. The summed E-state index contributed by atoms with van der Waals surface area (Å²) in [7, 11) is 3.81. The molecular weight excluding hydrogens is 150 g/mol. The van der Waals surface area contributed by atoms with Crippen LogP contribution in [-0.2, 0) is 0 Å². The van der Waals surface area contributed by atoms with Gasteiger partial charge in [0.15, 0.2) is 0 Å². The van der Waals surface area contributed by atoms with Gasteiger partial charge in [0.2, 0.25) is 0 Å². The van der Waals surface area contributed by atoms with Crippen molar-refractivity contribution in [1.82, 2.24) is 9.99 Å². The summed E-state index contributed by atoms with van der Waals surface area (Å²) in [4.78, 5) is 4.01. The average Bonchev–Trinajstić information content (AvgIpc) is 2.05. The van der Waals surface area contributed by atoms with E-state index in [2.05, 4.69) is 10.1 Å². The van der Waals surface area contributed by atoms with Gasteiger partial charge in [-0.1, -0.05) is 6.07 Å². The Kier molecular flexibility index (Phi) is 2.80. The summed E-state index contributed by atoms with van der Waals surface area (Å²) >= 11 is 0. The summed E-state index contributed by atoms with van der Waals surface area (Å²) in [6.45, 7) is 1.97. The van der Waals surface area contributed by atoms with E-state index in [1.165, 1.54) is 0 Å². The standard InChI is InChI=1S/C9H13N3/c1-8(11-12(2)3)9-5-4-6-10-7-9/h4-7H,1-3H3/b11-8-. The van der Waals surface area contributed by atoms with Gasteiger partial charge in [-0.3, -0.25) is 4.98 Å². The lowest BCUT2D eigenvalue weighted by Gasteiger charge is -2.06. The Morgan fingerprint density at radius 2 is 2.25 bits per heavy atom. The SMILES string of the molecule is C/C(=N/N(C)C)c1cccnc1. The highest BCUT2D eigenvalue weighted by Gasteiger charge is 1.95. The van der Waals surface area contributed by atoms with E-state index in [0.29, 0.717) is 0 Å². The third kappa shape index (κ3) is 2.34. The molecule has 1 heterocycles. The molecule has 12 heavy (non-hydrogen) atoms. The summed E-state index contributed by atoms with van der Waals surface area (Å²) in [6, 6.07) is 3.90. The molecule has 0 amide bonds. The van der Waals surface area contributed by atoms with Crippen molar-refractivity contribution in [2.45, 2.75) is 6.92 Å². The topological polar surface area (TPSA) is 28.5 Å². The molecular formula is C9H13N3. The van der Waals surface area contributed by atoms with Crippen molar-refractivity contribution in [2.24, 2.45) is 5.10 Å². The molecule has 0 aliphatic heterocycles. The van der Waals surface area contributed by atoms with E-state index in [1.54, 1.807) is 11.2 Å². The van der Waals surface area contributed by atoms with Gasteiger partial charge in [0, 0.05) is 32.1 Å². The molecule has 0 aliphatic carbocycles. The summed E-state index contributed by atoms with van der Waals surface area (Å²) in [5.41, 5.74) is 2.04. The molecule has 0 spiro atoms. The fraction of sp³-hybridized carbons (Fsp3) is 0.333. The van der Waals surface area contributed by atoms with Crippen molar-refractivity contribution in [1.29, 1.82) is 0 Å². The number of hydrogen-bond acceptors (Lipinski definition) is 3. The molecule has 1 rings (SSSR count). The van der Waals surface area contributed by atoms with Gasteiger partial charge in [-0.25, -0.2) is 0 Å². The number of hydrazone groups is 1. The largest absolute Gasteiger partial charge is 0.303 e. The number of hydrogen-bond donors (Lipinski definition) is 0. The molecule has 0 radical (unpaired) electrons. The minimum absolute atomic E-state index is 0.980. The third-order valence-electron chi connectivity index (χ3n) is 1.43. The first-order chi connectivity index (χ1) is 5.70. The van der Waals surface area contributed by atoms with Gasteiger partial charge in [0.25, 0.3) is 0 Å². The lowest BCUT2D eigenvalue weighted by molar-refractivity contribution is 0.438. The zero-order valence-corrected chi connectivity index (χ0v) is 7.65. The van der Waals surface area contributed by atoms with E-state index in [-0.39, 0.29) is 0 Å². The van der Waals surface area contributed by atoms with Crippen LogP contribution < -0.4 is 0 Å². The first kappa shape index (κ1) is 8.71. The van der Waals surface area contributed by atoms with Gasteiger partial charge >= 0.3 is 0 Å². The Morgan fingerprint density at radius 3 is 2.75 bits per heavy atom. The predicted octanol–water partition coefficient (Wildman–Crippen LogP) is 1.37. The summed E-state index contributed by atoms with van der Waals surface area (Å²) in [6.07, 6.45) is 3.56. The Hall–Kier alpha value is -1.38. The molecule has 0 aromatic carbocycles. The molecule has 1 aromatic rings. The fourth-order valence-electron chi connectivity index (χ4n) is 0.935. The van der Waals surface area contributed by atoms with Gasteiger partial charge in [-0.15, -0.1) is 0 Å². The van der Waals surface area contributed by atoms with Crippen molar-refractivity contribution < 1.29 is 0 Å². The molecule has 0 saturated heterocycles. The number of rotatable bonds is 2. The molecule has 3 heteroatoms. The van der Waals surface area contributed by atoms with Crippen LogP contribution >= 0.6 is 0 Å². The molecule has 1 aromatic heterocycles. The van der Waals surface area contributed by atoms with Crippen molar-refractivity contribution in [3.05, 3.63) is 30.1 Å². The van der Waals surface area contributed by atoms with Gasteiger partial charge in [0.1, 0.15) is 0 Å². The predicted molar refractivity (Wildman–Crippen MR) is 50.1 cm³/mol. The highest BCUT2D eigenvalue weighted by Crippen LogP contribution is 1.98. The van der Waals surface area contributed by atoms with Crippen molar-refractivity contribution in [3.8, 4) is 0 Å². The second kappa shape index (κ2) is 3.85. The average molecular weight is 163 g/mol. The number of nitrogens with zero attached hydrogens (tertiary/aromatic N) is 3. The molecule has 0 aliphatic rings. The highest BCUT2D eigenvalue weighted by atomic mass is 15.4. The molecule has 0 fully saturated rings. The number of pyridine rings is 1. The molecule has 0 atom stereocenters. The van der Waals surface area contributed by atoms with Crippen LogP contribution in [0.15, 0.2) is 29.6 Å². The van der Waals surface area contributed by atoms with E-state index < -0.39 is 0 Å². The maximum Gasteiger partial charge on any atom is 0.0661 e. The minimum Gasteiger partial charge on any atom is -0.303 e. The lowest BCUT2D eigenvalue weighted by atomic mass is 10.2. The van der Waals surface area contributed by atoms with E-state index >= 15 is 0 Å². The van der Waals surface area contributed by atoms with Gasteiger partial charge in [-0.2, -0.15) is 5.10 Å². The third-order valence-corrected chi connectivity index (χ3v) is 1.43. The van der Waals surface area contributed by atoms with E-state index in [9.17, 15) is 0 Å². The van der Waals surface area contributed by atoms with Gasteiger partial charge in [-0.05, 0) is 13.0 Å². The Labute approximate surface area is 72.7 Å². The van der Waals surface area contributed by atoms with Crippen molar-refractivity contribution in [3.63, 3.8) is 0 Å². The van der Waals surface area contributed by atoms with Crippen LogP contribution in [0.2, 0.25) is 0 Å². The normalized spacial score (nSPS) is 11.4. The van der Waals surface area contributed by atoms with E-state index in [4.69, 9.17) is 0 Å². The van der Waals surface area contributed by atoms with Crippen LogP contribution in [0.4, 0.5) is 0 Å². The van der Waals surface area contributed by atoms with E-state index in [0.717, 1.165) is 11.3 Å². The van der Waals surface area contributed by atoms with Crippen molar-refractivity contribution in [2.75, 3.05) is 14.1 Å². The Balaban J connectivity index is 2.85. The first-order valence-corrected chi connectivity index (χ1v) is 3.83. The minimum atomic E-state index is 0.980. The van der Waals surface area contributed by atoms with Crippen LogP contribution in [0.25, 0.3) is 0 Å². The van der Waals surface area contributed by atoms with Gasteiger partial charge < -0.3 is 5.01 Å². The summed E-state index contributed by atoms with van der Waals surface area (Å²) in [5.74, 6) is 0. The summed E-state index contributed by atoms with van der Waals surface area (Å²) < 4.78 is 0. The molecule has 3 nitrogen and oxygen atoms in total. The molecule has 64 valence electrons. The Bertz CT molecular complexity index is 264. The van der Waals surface area contributed by atoms with Crippen molar-refractivity contribution >= 4 is 5.71 Å². The Morgan fingerprint density at radius 1 is 1.50 bits per heavy atom. The van der Waals surface area contributed by atoms with Crippen LogP contribution in [0, 0.1) is 0 Å². The van der Waals surface area contributed by atoms with Crippen LogP contribution in [0.1, 0.15) is 12.5 Å².